The Labute approximate surface area is 72.6 Å². The molecule has 0 aromatic carbocycles. The second-order valence-electron chi connectivity index (χ2n) is 3.32. The van der Waals surface area contributed by atoms with E-state index in [4.69, 9.17) is 5.26 Å². The molecule has 0 aliphatic heterocycles. The van der Waals surface area contributed by atoms with E-state index in [0.717, 1.165) is 12.1 Å². The zero-order valence-electron chi connectivity index (χ0n) is 7.70. The number of hydrogen-bond acceptors (Lipinski definition) is 2. The molecule has 1 aromatic heterocycles. The van der Waals surface area contributed by atoms with Gasteiger partial charge < -0.3 is 0 Å². The first-order valence-electron chi connectivity index (χ1n) is 4.04. The molecule has 0 aliphatic carbocycles. The summed E-state index contributed by atoms with van der Waals surface area (Å²) in [5, 5.41) is 13.0. The first kappa shape index (κ1) is 8.79. The van der Waals surface area contributed by atoms with Crippen LogP contribution in [0, 0.1) is 11.3 Å². The molecule has 0 fully saturated rings. The lowest BCUT2D eigenvalue weighted by Crippen LogP contribution is -2.12. The molecule has 0 aliphatic rings. The lowest BCUT2D eigenvalue weighted by atomic mass is 9.89. The lowest BCUT2D eigenvalue weighted by Gasteiger charge is -2.11. The number of hydrogen-bond donors (Lipinski definition) is 0. The van der Waals surface area contributed by atoms with Crippen molar-refractivity contribution in [3.63, 3.8) is 0 Å². The van der Waals surface area contributed by atoms with E-state index in [1.165, 1.54) is 0 Å². The average molecular weight is 163 g/mol. The number of nitriles is 1. The van der Waals surface area contributed by atoms with Crippen molar-refractivity contribution in [2.45, 2.75) is 32.7 Å². The highest BCUT2D eigenvalue weighted by atomic mass is 15.3. The molecule has 1 rings (SSSR count). The molecule has 0 radical (unpaired) electrons. The molecule has 0 N–H and O–H groups in total. The second kappa shape index (κ2) is 2.98. The van der Waals surface area contributed by atoms with Gasteiger partial charge in [-0.05, 0) is 20.8 Å². The first-order valence-corrected chi connectivity index (χ1v) is 4.04. The molecular weight excluding hydrogens is 150 g/mol. The summed E-state index contributed by atoms with van der Waals surface area (Å²) < 4.78 is 1.83. The van der Waals surface area contributed by atoms with Gasteiger partial charge in [0.25, 0.3) is 0 Å². The third-order valence-corrected chi connectivity index (χ3v) is 1.96. The normalized spacial score (nSPS) is 11.2. The van der Waals surface area contributed by atoms with Gasteiger partial charge in [0, 0.05) is 18.3 Å². The van der Waals surface area contributed by atoms with Crippen LogP contribution in [0.25, 0.3) is 0 Å². The van der Waals surface area contributed by atoms with Gasteiger partial charge in [-0.3, -0.25) is 4.68 Å². The van der Waals surface area contributed by atoms with Gasteiger partial charge >= 0.3 is 0 Å². The van der Waals surface area contributed by atoms with E-state index in [-0.39, 0.29) is 0 Å². The molecule has 1 heterocycles. The molecule has 0 bridgehead atoms. The Bertz CT molecular complexity index is 304. The van der Waals surface area contributed by atoms with Crippen LogP contribution in [0.1, 0.15) is 26.3 Å². The average Bonchev–Trinajstić information content (AvgIpc) is 2.52. The SMILES string of the molecule is CCn1cc(C(C)(C)C#N)cn1. The zero-order chi connectivity index (χ0) is 9.19. The van der Waals surface area contributed by atoms with Crippen LogP contribution in [0.5, 0.6) is 0 Å². The standard InChI is InChI=1S/C9H13N3/c1-4-12-6-8(5-11-12)9(2,3)7-10/h5-6H,4H2,1-3H3. The Morgan fingerprint density at radius 2 is 2.33 bits per heavy atom. The first-order chi connectivity index (χ1) is 5.60. The van der Waals surface area contributed by atoms with Gasteiger partial charge in [-0.1, -0.05) is 0 Å². The van der Waals surface area contributed by atoms with Crippen molar-refractivity contribution in [3.8, 4) is 6.07 Å². The van der Waals surface area contributed by atoms with Crippen molar-refractivity contribution in [2.24, 2.45) is 0 Å². The molecule has 3 heteroatoms. The Balaban J connectivity index is 2.98. The van der Waals surface area contributed by atoms with Crippen molar-refractivity contribution in [1.82, 2.24) is 9.78 Å². The summed E-state index contributed by atoms with van der Waals surface area (Å²) >= 11 is 0. The van der Waals surface area contributed by atoms with Gasteiger partial charge in [-0.15, -0.1) is 0 Å². The summed E-state index contributed by atoms with van der Waals surface area (Å²) in [5.74, 6) is 0. The summed E-state index contributed by atoms with van der Waals surface area (Å²) in [6.45, 7) is 6.66. The molecule has 0 atom stereocenters. The van der Waals surface area contributed by atoms with Crippen LogP contribution in [0.4, 0.5) is 0 Å². The quantitative estimate of drug-likeness (QED) is 0.666. The van der Waals surface area contributed by atoms with Crippen molar-refractivity contribution < 1.29 is 0 Å². The Morgan fingerprint density at radius 3 is 2.75 bits per heavy atom. The fourth-order valence-corrected chi connectivity index (χ4v) is 0.924. The largest absolute Gasteiger partial charge is 0.273 e. The fourth-order valence-electron chi connectivity index (χ4n) is 0.924. The maximum atomic E-state index is 8.84. The predicted molar refractivity (Wildman–Crippen MR) is 46.5 cm³/mol. The van der Waals surface area contributed by atoms with Gasteiger partial charge in [-0.2, -0.15) is 10.4 Å². The highest BCUT2D eigenvalue weighted by Gasteiger charge is 2.20. The number of nitrogens with zero attached hydrogens (tertiary/aromatic N) is 3. The predicted octanol–water partition coefficient (Wildman–Crippen LogP) is 1.70. The van der Waals surface area contributed by atoms with E-state index >= 15 is 0 Å². The summed E-state index contributed by atoms with van der Waals surface area (Å²) in [7, 11) is 0. The van der Waals surface area contributed by atoms with Gasteiger partial charge in [0.15, 0.2) is 0 Å². The van der Waals surface area contributed by atoms with Crippen molar-refractivity contribution in [3.05, 3.63) is 18.0 Å². The van der Waals surface area contributed by atoms with E-state index in [0.29, 0.717) is 0 Å². The fraction of sp³-hybridized carbons (Fsp3) is 0.556. The van der Waals surface area contributed by atoms with Crippen LogP contribution in [0.15, 0.2) is 12.4 Å². The van der Waals surface area contributed by atoms with Crippen LogP contribution in [-0.4, -0.2) is 9.78 Å². The van der Waals surface area contributed by atoms with Gasteiger partial charge in [0.2, 0.25) is 0 Å². The molecule has 0 amide bonds. The topological polar surface area (TPSA) is 41.6 Å². The highest BCUT2D eigenvalue weighted by molar-refractivity contribution is 5.25. The number of aryl methyl sites for hydroxylation is 1. The number of aromatic nitrogens is 2. The van der Waals surface area contributed by atoms with E-state index in [2.05, 4.69) is 11.2 Å². The zero-order valence-corrected chi connectivity index (χ0v) is 7.70. The van der Waals surface area contributed by atoms with Gasteiger partial charge in [0.05, 0.1) is 17.7 Å². The Hall–Kier alpha value is -1.30. The molecule has 1 aromatic rings. The summed E-state index contributed by atoms with van der Waals surface area (Å²) in [6.07, 6.45) is 3.68. The van der Waals surface area contributed by atoms with Crippen molar-refractivity contribution >= 4 is 0 Å². The van der Waals surface area contributed by atoms with Crippen LogP contribution in [0.3, 0.4) is 0 Å². The van der Waals surface area contributed by atoms with Gasteiger partial charge in [0.1, 0.15) is 0 Å². The molecule has 12 heavy (non-hydrogen) atoms. The maximum absolute atomic E-state index is 8.84. The minimum atomic E-state index is -0.423. The molecule has 0 saturated heterocycles. The summed E-state index contributed by atoms with van der Waals surface area (Å²) in [5.41, 5.74) is 0.555. The molecule has 3 nitrogen and oxygen atoms in total. The monoisotopic (exact) mass is 163 g/mol. The summed E-state index contributed by atoms with van der Waals surface area (Å²) in [4.78, 5) is 0. The maximum Gasteiger partial charge on any atom is 0.0796 e. The molecule has 64 valence electrons. The lowest BCUT2D eigenvalue weighted by molar-refractivity contribution is 0.651. The van der Waals surface area contributed by atoms with Crippen LogP contribution in [-0.2, 0) is 12.0 Å². The van der Waals surface area contributed by atoms with E-state index in [1.807, 2.05) is 31.6 Å². The minimum Gasteiger partial charge on any atom is -0.273 e. The van der Waals surface area contributed by atoms with Gasteiger partial charge in [-0.25, -0.2) is 0 Å². The summed E-state index contributed by atoms with van der Waals surface area (Å²) in [6, 6.07) is 2.24. The van der Waals surface area contributed by atoms with E-state index in [9.17, 15) is 0 Å². The molecule has 0 unspecified atom stereocenters. The van der Waals surface area contributed by atoms with Crippen molar-refractivity contribution in [2.75, 3.05) is 0 Å². The molecule has 0 saturated carbocycles. The molecular formula is C9H13N3. The Kier molecular flexibility index (Phi) is 2.18. The minimum absolute atomic E-state index is 0.423. The van der Waals surface area contributed by atoms with Crippen molar-refractivity contribution in [1.29, 1.82) is 5.26 Å². The second-order valence-corrected chi connectivity index (χ2v) is 3.32. The van der Waals surface area contributed by atoms with Crippen LogP contribution < -0.4 is 0 Å². The third-order valence-electron chi connectivity index (χ3n) is 1.96. The highest BCUT2D eigenvalue weighted by Crippen LogP contribution is 2.20. The van der Waals surface area contributed by atoms with Crippen LogP contribution in [0.2, 0.25) is 0 Å². The number of rotatable bonds is 2. The third kappa shape index (κ3) is 1.48. The Morgan fingerprint density at radius 1 is 1.67 bits per heavy atom. The molecule has 0 spiro atoms. The van der Waals surface area contributed by atoms with E-state index in [1.54, 1.807) is 6.20 Å². The van der Waals surface area contributed by atoms with E-state index < -0.39 is 5.41 Å². The van der Waals surface area contributed by atoms with Crippen LogP contribution >= 0.6 is 0 Å². The smallest absolute Gasteiger partial charge is 0.0796 e.